The number of halogens is 4. The number of carbonyl (C=O) groups is 2. The minimum Gasteiger partial charge on any atom is -0.347 e. The molecule has 2 bridgehead atoms. The molecule has 5 nitrogen and oxygen atoms in total. The predicted molar refractivity (Wildman–Crippen MR) is 96.7 cm³/mol. The second-order valence-electron chi connectivity index (χ2n) is 7.19. The quantitative estimate of drug-likeness (QED) is 0.673. The number of amides is 2. The predicted octanol–water partition coefficient (Wildman–Crippen LogP) is 2.73. The van der Waals surface area contributed by atoms with Gasteiger partial charge in [-0.25, -0.2) is 13.2 Å². The maximum atomic E-state index is 13.6. The van der Waals surface area contributed by atoms with E-state index >= 15 is 0 Å². The second-order valence-corrected chi connectivity index (χ2v) is 7.19. The normalized spacial score (nSPS) is 26.7. The van der Waals surface area contributed by atoms with Crippen LogP contribution in [0.1, 0.15) is 32.1 Å². The molecule has 150 valence electrons. The van der Waals surface area contributed by atoms with Crippen LogP contribution in [-0.2, 0) is 9.59 Å². The molecule has 2 fully saturated rings. The van der Waals surface area contributed by atoms with Crippen molar-refractivity contribution in [3.8, 4) is 0 Å². The van der Waals surface area contributed by atoms with Crippen molar-refractivity contribution < 1.29 is 22.8 Å². The van der Waals surface area contributed by atoms with Crippen molar-refractivity contribution in [2.75, 3.05) is 11.9 Å². The largest absolute Gasteiger partial charge is 0.347 e. The summed E-state index contributed by atoms with van der Waals surface area (Å²) in [6, 6.07) is 1.79. The third kappa shape index (κ3) is 4.73. The molecule has 0 aliphatic heterocycles. The maximum absolute atomic E-state index is 13.6. The first kappa shape index (κ1) is 21.5. The monoisotopic (exact) mass is 405 g/mol. The zero-order valence-corrected chi connectivity index (χ0v) is 15.5. The average Bonchev–Trinajstić information content (AvgIpc) is 2.60. The van der Waals surface area contributed by atoms with Crippen LogP contribution in [-0.4, -0.2) is 24.4 Å². The van der Waals surface area contributed by atoms with Crippen LogP contribution >= 0.6 is 12.4 Å². The van der Waals surface area contributed by atoms with Crippen LogP contribution < -0.4 is 16.4 Å². The average molecular weight is 406 g/mol. The van der Waals surface area contributed by atoms with Crippen LogP contribution in [0.25, 0.3) is 0 Å². The number of benzene rings is 1. The first-order chi connectivity index (χ1) is 12.4. The fourth-order valence-electron chi connectivity index (χ4n) is 4.13. The standard InChI is InChI=1S/C18H22F3N3O2.ClH/c19-12-4-5-13(16(21)15(12)20)24-14(25)8-23-18(26)11-6-9-2-1-3-10(7-11)17(9)22;/h4-5,9-11,17H,1-3,6-8,22H2,(H,23,26)(H,24,25);1H. The lowest BCUT2D eigenvalue weighted by Crippen LogP contribution is -2.49. The van der Waals surface area contributed by atoms with E-state index in [4.69, 9.17) is 5.73 Å². The van der Waals surface area contributed by atoms with Gasteiger partial charge >= 0.3 is 0 Å². The Balaban J connectivity index is 0.00000261. The highest BCUT2D eigenvalue weighted by Crippen LogP contribution is 2.41. The van der Waals surface area contributed by atoms with E-state index in [1.54, 1.807) is 0 Å². The Morgan fingerprint density at radius 3 is 2.33 bits per heavy atom. The van der Waals surface area contributed by atoms with Gasteiger partial charge < -0.3 is 16.4 Å². The van der Waals surface area contributed by atoms with Gasteiger partial charge in [0.15, 0.2) is 17.5 Å². The molecule has 0 spiro atoms. The third-order valence-corrected chi connectivity index (χ3v) is 5.52. The van der Waals surface area contributed by atoms with Gasteiger partial charge in [-0.1, -0.05) is 6.42 Å². The molecular weight excluding hydrogens is 383 g/mol. The summed E-state index contributed by atoms with van der Waals surface area (Å²) in [5, 5.41) is 4.67. The highest BCUT2D eigenvalue weighted by molar-refractivity contribution is 5.94. The first-order valence-corrected chi connectivity index (χ1v) is 8.83. The van der Waals surface area contributed by atoms with E-state index in [2.05, 4.69) is 10.6 Å². The molecule has 0 aromatic heterocycles. The van der Waals surface area contributed by atoms with E-state index in [1.807, 2.05) is 0 Å². The first-order valence-electron chi connectivity index (χ1n) is 8.83. The summed E-state index contributed by atoms with van der Waals surface area (Å²) in [5.41, 5.74) is 5.73. The summed E-state index contributed by atoms with van der Waals surface area (Å²) in [6.45, 7) is -0.366. The van der Waals surface area contributed by atoms with Crippen LogP contribution in [0.5, 0.6) is 0 Å². The number of anilines is 1. The SMILES string of the molecule is Cl.NC1C2CCCC1CC(C(=O)NCC(=O)Nc1ccc(F)c(F)c1F)C2. The van der Waals surface area contributed by atoms with Crippen molar-refractivity contribution in [1.82, 2.24) is 5.32 Å². The van der Waals surface area contributed by atoms with Gasteiger partial charge in [0, 0.05) is 12.0 Å². The van der Waals surface area contributed by atoms with E-state index in [0.717, 1.165) is 31.4 Å². The topological polar surface area (TPSA) is 84.2 Å². The molecule has 9 heteroatoms. The van der Waals surface area contributed by atoms with E-state index in [-0.39, 0.29) is 36.8 Å². The highest BCUT2D eigenvalue weighted by atomic mass is 35.5. The van der Waals surface area contributed by atoms with Crippen LogP contribution in [0.3, 0.4) is 0 Å². The van der Waals surface area contributed by atoms with Gasteiger partial charge in [0.05, 0.1) is 12.2 Å². The molecule has 3 rings (SSSR count). The second kappa shape index (κ2) is 8.93. The van der Waals surface area contributed by atoms with E-state index < -0.39 is 29.0 Å². The minimum atomic E-state index is -1.66. The number of nitrogens with two attached hydrogens (primary N) is 1. The highest BCUT2D eigenvalue weighted by Gasteiger charge is 2.40. The zero-order valence-electron chi connectivity index (χ0n) is 14.6. The van der Waals surface area contributed by atoms with Crippen LogP contribution in [0.4, 0.5) is 18.9 Å². The van der Waals surface area contributed by atoms with Gasteiger partial charge in [-0.2, -0.15) is 0 Å². The lowest BCUT2D eigenvalue weighted by atomic mass is 9.65. The molecule has 1 aromatic carbocycles. The molecule has 1 aromatic rings. The number of hydrogen-bond donors (Lipinski definition) is 3. The molecule has 0 radical (unpaired) electrons. The minimum absolute atomic E-state index is 0. The molecule has 2 aliphatic carbocycles. The van der Waals surface area contributed by atoms with Crippen molar-refractivity contribution in [2.45, 2.75) is 38.1 Å². The summed E-state index contributed by atoms with van der Waals surface area (Å²) in [5.74, 6) is -4.92. The molecule has 4 N–H and O–H groups in total. The number of nitrogens with one attached hydrogen (secondary N) is 2. The van der Waals surface area contributed by atoms with Gasteiger partial charge in [0.2, 0.25) is 11.8 Å². The summed E-state index contributed by atoms with van der Waals surface area (Å²) in [4.78, 5) is 24.2. The smallest absolute Gasteiger partial charge is 0.243 e. The van der Waals surface area contributed by atoms with E-state index in [0.29, 0.717) is 24.7 Å². The third-order valence-electron chi connectivity index (χ3n) is 5.52. The zero-order chi connectivity index (χ0) is 18.8. The van der Waals surface area contributed by atoms with Crippen molar-refractivity contribution >= 4 is 29.9 Å². The Hall–Kier alpha value is -1.80. The summed E-state index contributed by atoms with van der Waals surface area (Å²) in [7, 11) is 0. The van der Waals surface area contributed by atoms with Crippen LogP contribution in [0.15, 0.2) is 12.1 Å². The molecule has 2 atom stereocenters. The Bertz CT molecular complexity index is 705. The molecule has 2 saturated carbocycles. The van der Waals surface area contributed by atoms with Gasteiger partial charge in [0.1, 0.15) is 0 Å². The van der Waals surface area contributed by atoms with E-state index in [9.17, 15) is 22.8 Å². The molecule has 2 aliphatic rings. The Kier molecular flexibility index (Phi) is 7.11. The molecular formula is C18H23ClF3N3O2. The lowest BCUT2D eigenvalue weighted by molar-refractivity contribution is -0.129. The molecule has 2 amide bonds. The number of rotatable bonds is 4. The maximum Gasteiger partial charge on any atom is 0.243 e. The number of carbonyl (C=O) groups excluding carboxylic acids is 2. The number of fused-ring (bicyclic) bond motifs is 2. The fourth-order valence-corrected chi connectivity index (χ4v) is 4.13. The fraction of sp³-hybridized carbons (Fsp3) is 0.556. The molecule has 2 unspecified atom stereocenters. The summed E-state index contributed by atoms with van der Waals surface area (Å²) < 4.78 is 39.6. The Morgan fingerprint density at radius 2 is 1.70 bits per heavy atom. The summed E-state index contributed by atoms with van der Waals surface area (Å²) >= 11 is 0. The Labute approximate surface area is 161 Å². The van der Waals surface area contributed by atoms with Crippen molar-refractivity contribution in [3.05, 3.63) is 29.6 Å². The van der Waals surface area contributed by atoms with Crippen molar-refractivity contribution in [1.29, 1.82) is 0 Å². The van der Waals surface area contributed by atoms with Gasteiger partial charge in [-0.05, 0) is 49.7 Å². The number of hydrogen-bond acceptors (Lipinski definition) is 3. The van der Waals surface area contributed by atoms with E-state index in [1.165, 1.54) is 0 Å². The van der Waals surface area contributed by atoms with Gasteiger partial charge in [-0.3, -0.25) is 9.59 Å². The Morgan fingerprint density at radius 1 is 1.07 bits per heavy atom. The van der Waals surface area contributed by atoms with Crippen LogP contribution in [0, 0.1) is 35.2 Å². The van der Waals surface area contributed by atoms with Crippen molar-refractivity contribution in [3.63, 3.8) is 0 Å². The molecule has 0 saturated heterocycles. The van der Waals surface area contributed by atoms with Gasteiger partial charge in [-0.15, -0.1) is 12.4 Å². The molecule has 0 heterocycles. The molecule has 27 heavy (non-hydrogen) atoms. The summed E-state index contributed by atoms with van der Waals surface area (Å²) in [6.07, 6.45) is 4.61. The van der Waals surface area contributed by atoms with Crippen LogP contribution in [0.2, 0.25) is 0 Å². The lowest BCUT2D eigenvalue weighted by Gasteiger charge is -2.43. The van der Waals surface area contributed by atoms with Gasteiger partial charge in [0.25, 0.3) is 0 Å². The van der Waals surface area contributed by atoms with Crippen molar-refractivity contribution in [2.24, 2.45) is 23.5 Å².